The lowest BCUT2D eigenvalue weighted by Gasteiger charge is -2.16. The second-order valence-corrected chi connectivity index (χ2v) is 10.1. The van der Waals surface area contributed by atoms with Crippen molar-refractivity contribution in [2.75, 3.05) is 11.4 Å². The first-order valence-electron chi connectivity index (χ1n) is 10.0. The van der Waals surface area contributed by atoms with Crippen LogP contribution in [0.2, 0.25) is 5.02 Å². The molecule has 9 heteroatoms. The highest BCUT2D eigenvalue weighted by Crippen LogP contribution is 2.26. The average molecular weight is 464 g/mol. The predicted octanol–water partition coefficient (Wildman–Crippen LogP) is 2.84. The summed E-state index contributed by atoms with van der Waals surface area (Å²) >= 11 is 5.89. The average Bonchev–Trinajstić information content (AvgIpc) is 3.08. The molecule has 166 valence electrons. The summed E-state index contributed by atoms with van der Waals surface area (Å²) in [4.78, 5) is 26.5. The van der Waals surface area contributed by atoms with Gasteiger partial charge in [0.2, 0.25) is 21.8 Å². The summed E-state index contributed by atoms with van der Waals surface area (Å²) in [7, 11) is -3.38. The Balaban J connectivity index is 1.52. The third-order valence-corrected chi connectivity index (χ3v) is 6.69. The van der Waals surface area contributed by atoms with Crippen LogP contribution in [0.25, 0.3) is 0 Å². The Morgan fingerprint density at radius 1 is 1.10 bits per heavy atom. The summed E-state index contributed by atoms with van der Waals surface area (Å²) in [5, 5.41) is 3.45. The number of nitrogens with zero attached hydrogens (tertiary/aromatic N) is 1. The zero-order valence-electron chi connectivity index (χ0n) is 17.5. The van der Waals surface area contributed by atoms with E-state index in [0.717, 1.165) is 11.3 Å². The molecular formula is C22H26ClN3O4S. The van der Waals surface area contributed by atoms with E-state index in [1.807, 2.05) is 0 Å². The molecule has 0 aromatic heterocycles. The van der Waals surface area contributed by atoms with Gasteiger partial charge in [-0.1, -0.05) is 35.9 Å². The van der Waals surface area contributed by atoms with E-state index in [1.54, 1.807) is 67.3 Å². The first kappa shape index (κ1) is 23.2. The number of benzene rings is 2. The second-order valence-electron chi connectivity index (χ2n) is 7.95. The van der Waals surface area contributed by atoms with Crippen LogP contribution in [0.5, 0.6) is 0 Å². The predicted molar refractivity (Wildman–Crippen MR) is 121 cm³/mol. The van der Waals surface area contributed by atoms with Gasteiger partial charge in [-0.2, -0.15) is 0 Å². The number of hydrogen-bond acceptors (Lipinski definition) is 4. The van der Waals surface area contributed by atoms with Crippen LogP contribution >= 0.6 is 11.6 Å². The zero-order valence-corrected chi connectivity index (χ0v) is 19.0. The summed E-state index contributed by atoms with van der Waals surface area (Å²) in [6, 6.07) is 13.9. The molecule has 0 spiro atoms. The SMILES string of the molecule is CC(C)NS(=O)(=O)Cc1ccc(CNC(=O)C2CC(=O)N(c3ccc(Cl)cc3)C2)cc1. The number of nitrogens with one attached hydrogen (secondary N) is 2. The van der Waals surface area contributed by atoms with Crippen molar-refractivity contribution in [1.29, 1.82) is 0 Å². The van der Waals surface area contributed by atoms with Crippen molar-refractivity contribution in [2.45, 2.75) is 38.6 Å². The number of carbonyl (C=O) groups excluding carboxylic acids is 2. The Bertz CT molecular complexity index is 1040. The minimum absolute atomic E-state index is 0.0944. The normalized spacial score (nSPS) is 16.7. The van der Waals surface area contributed by atoms with E-state index in [2.05, 4.69) is 10.0 Å². The third kappa shape index (κ3) is 6.53. The first-order chi connectivity index (χ1) is 14.6. The van der Waals surface area contributed by atoms with Crippen LogP contribution in [0.4, 0.5) is 5.69 Å². The van der Waals surface area contributed by atoms with Crippen LogP contribution < -0.4 is 14.9 Å². The third-order valence-electron chi connectivity index (χ3n) is 4.90. The van der Waals surface area contributed by atoms with Gasteiger partial charge in [-0.25, -0.2) is 13.1 Å². The largest absolute Gasteiger partial charge is 0.352 e. The van der Waals surface area contributed by atoms with Crippen LogP contribution in [0.1, 0.15) is 31.4 Å². The van der Waals surface area contributed by atoms with Gasteiger partial charge in [-0.05, 0) is 49.2 Å². The molecular weight excluding hydrogens is 438 g/mol. The molecule has 1 saturated heterocycles. The lowest BCUT2D eigenvalue weighted by molar-refractivity contribution is -0.126. The molecule has 0 aliphatic carbocycles. The van der Waals surface area contributed by atoms with Gasteiger partial charge in [0, 0.05) is 36.3 Å². The summed E-state index contributed by atoms with van der Waals surface area (Å²) < 4.78 is 26.6. The van der Waals surface area contributed by atoms with E-state index in [1.165, 1.54) is 0 Å². The Kier molecular flexibility index (Phi) is 7.35. The number of hydrogen-bond donors (Lipinski definition) is 2. The number of amides is 2. The quantitative estimate of drug-likeness (QED) is 0.629. The Hall–Kier alpha value is -2.42. The van der Waals surface area contributed by atoms with Gasteiger partial charge in [0.15, 0.2) is 0 Å². The van der Waals surface area contributed by atoms with Crippen LogP contribution in [0.3, 0.4) is 0 Å². The highest BCUT2D eigenvalue weighted by Gasteiger charge is 2.34. The van der Waals surface area contributed by atoms with Gasteiger partial charge in [0.25, 0.3) is 0 Å². The van der Waals surface area contributed by atoms with Crippen molar-refractivity contribution >= 4 is 39.1 Å². The minimum Gasteiger partial charge on any atom is -0.352 e. The topological polar surface area (TPSA) is 95.6 Å². The molecule has 2 aromatic rings. The van der Waals surface area contributed by atoms with E-state index < -0.39 is 15.9 Å². The molecule has 0 bridgehead atoms. The fraction of sp³-hybridized carbons (Fsp3) is 0.364. The molecule has 1 unspecified atom stereocenters. The highest BCUT2D eigenvalue weighted by molar-refractivity contribution is 7.88. The van der Waals surface area contributed by atoms with E-state index >= 15 is 0 Å². The first-order valence-corrected chi connectivity index (χ1v) is 12.1. The number of carbonyl (C=O) groups is 2. The van der Waals surface area contributed by atoms with E-state index in [9.17, 15) is 18.0 Å². The molecule has 31 heavy (non-hydrogen) atoms. The molecule has 1 aliphatic heterocycles. The van der Waals surface area contributed by atoms with Crippen molar-refractivity contribution in [2.24, 2.45) is 5.92 Å². The molecule has 1 fully saturated rings. The van der Waals surface area contributed by atoms with Gasteiger partial charge in [-0.15, -0.1) is 0 Å². The second kappa shape index (κ2) is 9.80. The van der Waals surface area contributed by atoms with Crippen LogP contribution in [-0.4, -0.2) is 32.8 Å². The van der Waals surface area contributed by atoms with Crippen LogP contribution in [0, 0.1) is 5.92 Å². The van der Waals surface area contributed by atoms with Crippen molar-refractivity contribution in [3.8, 4) is 0 Å². The number of sulfonamides is 1. The maximum atomic E-state index is 12.6. The summed E-state index contributed by atoms with van der Waals surface area (Å²) in [6.07, 6.45) is 0.161. The molecule has 0 saturated carbocycles. The Morgan fingerprint density at radius 2 is 1.71 bits per heavy atom. The lowest BCUT2D eigenvalue weighted by Crippen LogP contribution is -2.32. The fourth-order valence-electron chi connectivity index (χ4n) is 3.46. The molecule has 2 aromatic carbocycles. The van der Waals surface area contributed by atoms with Gasteiger partial charge in [0.05, 0.1) is 11.7 Å². The van der Waals surface area contributed by atoms with Crippen LogP contribution in [0.15, 0.2) is 48.5 Å². The smallest absolute Gasteiger partial charge is 0.227 e. The highest BCUT2D eigenvalue weighted by atomic mass is 35.5. The number of halogens is 1. The summed E-state index contributed by atoms with van der Waals surface area (Å²) in [5.74, 6) is -0.793. The Labute approximate surface area is 187 Å². The van der Waals surface area contributed by atoms with Crippen molar-refractivity contribution in [3.05, 3.63) is 64.7 Å². The molecule has 0 radical (unpaired) electrons. The fourth-order valence-corrected chi connectivity index (χ4v) is 5.02. The maximum absolute atomic E-state index is 12.6. The van der Waals surface area contributed by atoms with Crippen molar-refractivity contribution in [3.63, 3.8) is 0 Å². The number of rotatable bonds is 8. The summed E-state index contributed by atoms with van der Waals surface area (Å²) in [6.45, 7) is 4.18. The molecule has 1 heterocycles. The van der Waals surface area contributed by atoms with E-state index in [4.69, 9.17) is 11.6 Å². The van der Waals surface area contributed by atoms with Gasteiger partial charge in [-0.3, -0.25) is 9.59 Å². The molecule has 1 aliphatic rings. The lowest BCUT2D eigenvalue weighted by atomic mass is 10.1. The number of anilines is 1. The monoisotopic (exact) mass is 463 g/mol. The van der Waals surface area contributed by atoms with Gasteiger partial charge < -0.3 is 10.2 Å². The van der Waals surface area contributed by atoms with Crippen molar-refractivity contribution in [1.82, 2.24) is 10.0 Å². The van der Waals surface area contributed by atoms with Gasteiger partial charge >= 0.3 is 0 Å². The Morgan fingerprint density at radius 3 is 2.32 bits per heavy atom. The van der Waals surface area contributed by atoms with Gasteiger partial charge in [0.1, 0.15) is 0 Å². The van der Waals surface area contributed by atoms with Crippen molar-refractivity contribution < 1.29 is 18.0 Å². The van der Waals surface area contributed by atoms with E-state index in [-0.39, 0.29) is 30.0 Å². The zero-order chi connectivity index (χ0) is 22.6. The molecule has 7 nitrogen and oxygen atoms in total. The molecule has 2 N–H and O–H groups in total. The minimum atomic E-state index is -3.38. The summed E-state index contributed by atoms with van der Waals surface area (Å²) in [5.41, 5.74) is 2.25. The maximum Gasteiger partial charge on any atom is 0.227 e. The standard InChI is InChI=1S/C22H26ClN3O4S/c1-15(2)25-31(29,30)14-17-5-3-16(4-6-17)12-24-22(28)18-11-21(27)26(13-18)20-9-7-19(23)8-10-20/h3-10,15,18,25H,11-14H2,1-2H3,(H,24,28). The molecule has 1 atom stereocenters. The molecule has 2 amide bonds. The van der Waals surface area contributed by atoms with Crippen LogP contribution in [-0.2, 0) is 31.9 Å². The molecule has 3 rings (SSSR count). The van der Waals surface area contributed by atoms with E-state index in [0.29, 0.717) is 23.7 Å².